The number of hydrogen-bond donors (Lipinski definition) is 0. The van der Waals surface area contributed by atoms with Crippen molar-refractivity contribution in [2.45, 2.75) is 66.2 Å². The van der Waals surface area contributed by atoms with E-state index in [1.165, 1.54) is 88.5 Å². The highest BCUT2D eigenvalue weighted by molar-refractivity contribution is 6.98. The minimum Gasteiger partial charge on any atom is -0.458 e. The zero-order valence-corrected chi connectivity index (χ0v) is 33.4. The number of ether oxygens (including phenoxy) is 2. The SMILES string of the molecule is Cc1cc(C)c(-c2cc3c4c(c2)Oc2c(cc(-n5c6ccccc6c6ccccc65)c5c2C(C)(C)c2ccccc2-5)B4c2cc(C(C)(C)C)ccc2O3)c(C)c1. The Morgan fingerprint density at radius 1 is 0.607 bits per heavy atom. The highest BCUT2D eigenvalue weighted by atomic mass is 16.5. The monoisotopic (exact) mass is 725 g/mol. The molecule has 1 aromatic heterocycles. The quantitative estimate of drug-likeness (QED) is 0.166. The van der Waals surface area contributed by atoms with Gasteiger partial charge in [-0.25, -0.2) is 0 Å². The molecule has 3 nitrogen and oxygen atoms in total. The lowest BCUT2D eigenvalue weighted by Gasteiger charge is -2.37. The molecule has 272 valence electrons. The number of rotatable bonds is 2. The maximum Gasteiger partial charge on any atom is 0.260 e. The Morgan fingerprint density at radius 3 is 1.91 bits per heavy atom. The molecule has 0 unspecified atom stereocenters. The molecule has 0 saturated heterocycles. The largest absolute Gasteiger partial charge is 0.458 e. The van der Waals surface area contributed by atoms with Gasteiger partial charge in [-0.3, -0.25) is 0 Å². The Kier molecular flexibility index (Phi) is 6.73. The first-order valence-corrected chi connectivity index (χ1v) is 20.0. The Morgan fingerprint density at radius 2 is 1.23 bits per heavy atom. The van der Waals surface area contributed by atoms with E-state index in [1.54, 1.807) is 0 Å². The van der Waals surface area contributed by atoms with Crippen LogP contribution in [0.1, 0.15) is 68.0 Å². The van der Waals surface area contributed by atoms with Crippen molar-refractivity contribution in [2.24, 2.45) is 0 Å². The molecule has 7 aromatic carbocycles. The number of aryl methyl sites for hydroxylation is 3. The normalized spacial score (nSPS) is 14.5. The maximum absolute atomic E-state index is 7.47. The highest BCUT2D eigenvalue weighted by Crippen LogP contribution is 2.56. The Hall–Kier alpha value is -6.00. The van der Waals surface area contributed by atoms with Crippen LogP contribution < -0.4 is 25.9 Å². The average molecular weight is 726 g/mol. The second-order valence-electron chi connectivity index (χ2n) is 17.9. The lowest BCUT2D eigenvalue weighted by atomic mass is 9.34. The van der Waals surface area contributed by atoms with E-state index >= 15 is 0 Å². The number of nitrogens with zero attached hydrogens (tertiary/aromatic N) is 1. The van der Waals surface area contributed by atoms with Crippen molar-refractivity contribution in [1.29, 1.82) is 0 Å². The standard InChI is InChI=1S/C52H44BNO2/c1-29-23-30(2)46(31(3)24-29)32-25-44-49-45(26-32)56-50-39(53(49)38-27-33(51(4,5)6)21-22-43(38)55-44)28-42(47-36-17-9-12-18-37(36)52(7,8)48(47)50)54-40-19-13-10-15-34(40)35-16-11-14-20-41(35)54/h9-28H,1-8H3. The van der Waals surface area contributed by atoms with Crippen LogP contribution in [0.3, 0.4) is 0 Å². The summed E-state index contributed by atoms with van der Waals surface area (Å²) in [7, 11) is 0. The fraction of sp³-hybridized carbons (Fsp3) is 0.192. The summed E-state index contributed by atoms with van der Waals surface area (Å²) in [5.74, 6) is 3.62. The van der Waals surface area contributed by atoms with Crippen molar-refractivity contribution >= 4 is 44.9 Å². The molecule has 3 aliphatic rings. The molecule has 0 radical (unpaired) electrons. The molecular formula is C52H44BNO2. The molecule has 4 heteroatoms. The molecule has 0 N–H and O–H groups in total. The molecule has 0 spiro atoms. The van der Waals surface area contributed by atoms with E-state index in [0.29, 0.717) is 0 Å². The molecule has 2 aliphatic heterocycles. The second-order valence-corrected chi connectivity index (χ2v) is 17.9. The fourth-order valence-electron chi connectivity index (χ4n) is 10.5. The minimum absolute atomic E-state index is 0.0355. The highest BCUT2D eigenvalue weighted by Gasteiger charge is 2.48. The van der Waals surface area contributed by atoms with Gasteiger partial charge >= 0.3 is 0 Å². The topological polar surface area (TPSA) is 23.4 Å². The van der Waals surface area contributed by atoms with E-state index in [2.05, 4.69) is 181 Å². The van der Waals surface area contributed by atoms with Gasteiger partial charge in [0.15, 0.2) is 0 Å². The molecular weight excluding hydrogens is 681 g/mol. The van der Waals surface area contributed by atoms with E-state index in [-0.39, 0.29) is 17.5 Å². The van der Waals surface area contributed by atoms with Gasteiger partial charge in [0.25, 0.3) is 6.71 Å². The lowest BCUT2D eigenvalue weighted by Crippen LogP contribution is -2.58. The van der Waals surface area contributed by atoms with Crippen LogP contribution in [0.5, 0.6) is 23.0 Å². The first-order valence-electron chi connectivity index (χ1n) is 20.0. The summed E-state index contributed by atoms with van der Waals surface area (Å²) in [5.41, 5.74) is 19.2. The van der Waals surface area contributed by atoms with Crippen LogP contribution in [0.25, 0.3) is 49.7 Å². The third kappa shape index (κ3) is 4.47. The van der Waals surface area contributed by atoms with Gasteiger partial charge in [0, 0.05) is 32.8 Å². The number of aromatic nitrogens is 1. The molecule has 56 heavy (non-hydrogen) atoms. The van der Waals surface area contributed by atoms with E-state index in [0.717, 1.165) is 34.0 Å². The second kappa shape index (κ2) is 11.3. The summed E-state index contributed by atoms with van der Waals surface area (Å²) >= 11 is 0. The van der Waals surface area contributed by atoms with Crippen LogP contribution in [0, 0.1) is 20.8 Å². The van der Waals surface area contributed by atoms with Gasteiger partial charge in [-0.1, -0.05) is 125 Å². The van der Waals surface area contributed by atoms with Crippen LogP contribution >= 0.6 is 0 Å². The van der Waals surface area contributed by atoms with Gasteiger partial charge in [0.2, 0.25) is 0 Å². The van der Waals surface area contributed by atoms with Gasteiger partial charge < -0.3 is 14.0 Å². The van der Waals surface area contributed by atoms with Gasteiger partial charge in [-0.15, -0.1) is 0 Å². The zero-order valence-electron chi connectivity index (χ0n) is 33.4. The molecule has 0 amide bonds. The molecule has 3 heterocycles. The molecule has 0 atom stereocenters. The molecule has 11 rings (SSSR count). The van der Waals surface area contributed by atoms with Crippen LogP contribution in [0.2, 0.25) is 0 Å². The predicted octanol–water partition coefficient (Wildman–Crippen LogP) is 11.7. The van der Waals surface area contributed by atoms with Crippen LogP contribution in [0.4, 0.5) is 0 Å². The van der Waals surface area contributed by atoms with Crippen LogP contribution in [-0.2, 0) is 10.8 Å². The van der Waals surface area contributed by atoms with E-state index in [1.807, 2.05) is 0 Å². The first kappa shape index (κ1) is 33.4. The minimum atomic E-state index is -0.325. The number of benzene rings is 7. The number of hydrogen-bond acceptors (Lipinski definition) is 2. The number of para-hydroxylation sites is 2. The van der Waals surface area contributed by atoms with Crippen LogP contribution in [0.15, 0.2) is 121 Å². The van der Waals surface area contributed by atoms with E-state index < -0.39 is 0 Å². The molecule has 0 saturated carbocycles. The molecule has 8 aromatic rings. The Labute approximate surface area is 329 Å². The first-order chi connectivity index (χ1) is 26.9. The van der Waals surface area contributed by atoms with Crippen molar-refractivity contribution in [3.05, 3.63) is 155 Å². The summed E-state index contributed by atoms with van der Waals surface area (Å²) in [6, 6.07) is 45.1. The van der Waals surface area contributed by atoms with Crippen molar-refractivity contribution in [2.75, 3.05) is 0 Å². The Balaban J connectivity index is 1.28. The predicted molar refractivity (Wildman–Crippen MR) is 234 cm³/mol. The van der Waals surface area contributed by atoms with Crippen molar-refractivity contribution < 1.29 is 9.47 Å². The third-order valence-corrected chi connectivity index (χ3v) is 12.9. The molecule has 0 bridgehead atoms. The summed E-state index contributed by atoms with van der Waals surface area (Å²) in [6.45, 7) is 18.1. The number of fused-ring (bicyclic) bond motifs is 11. The molecule has 0 fully saturated rings. The Bertz CT molecular complexity index is 2950. The van der Waals surface area contributed by atoms with E-state index in [4.69, 9.17) is 9.47 Å². The maximum atomic E-state index is 7.47. The third-order valence-electron chi connectivity index (χ3n) is 12.9. The van der Waals surface area contributed by atoms with Crippen molar-refractivity contribution in [1.82, 2.24) is 4.57 Å². The summed E-state index contributed by atoms with van der Waals surface area (Å²) in [5, 5.41) is 2.51. The fourth-order valence-corrected chi connectivity index (χ4v) is 10.5. The van der Waals surface area contributed by atoms with Crippen LogP contribution in [-0.4, -0.2) is 11.3 Å². The van der Waals surface area contributed by atoms with Gasteiger partial charge in [-0.2, -0.15) is 0 Å². The molecule has 1 aliphatic carbocycles. The van der Waals surface area contributed by atoms with Crippen molar-refractivity contribution in [3.63, 3.8) is 0 Å². The zero-order chi connectivity index (χ0) is 38.4. The average Bonchev–Trinajstić information content (AvgIpc) is 3.62. The van der Waals surface area contributed by atoms with E-state index in [9.17, 15) is 0 Å². The lowest BCUT2D eigenvalue weighted by molar-refractivity contribution is 0.455. The summed E-state index contributed by atoms with van der Waals surface area (Å²) in [4.78, 5) is 0. The van der Waals surface area contributed by atoms with Gasteiger partial charge in [0.1, 0.15) is 23.0 Å². The van der Waals surface area contributed by atoms with Gasteiger partial charge in [0.05, 0.1) is 16.7 Å². The summed E-state index contributed by atoms with van der Waals surface area (Å²) < 4.78 is 17.0. The summed E-state index contributed by atoms with van der Waals surface area (Å²) in [6.07, 6.45) is 0. The van der Waals surface area contributed by atoms with Gasteiger partial charge in [-0.05, 0) is 112 Å². The smallest absolute Gasteiger partial charge is 0.260 e. The van der Waals surface area contributed by atoms with Crippen molar-refractivity contribution in [3.8, 4) is 50.9 Å².